The summed E-state index contributed by atoms with van der Waals surface area (Å²) >= 11 is 7.47. The topological polar surface area (TPSA) is 25.8 Å². The summed E-state index contributed by atoms with van der Waals surface area (Å²) in [4.78, 5) is 9.02. The summed E-state index contributed by atoms with van der Waals surface area (Å²) in [5, 5.41) is 1.27. The second-order valence-electron chi connectivity index (χ2n) is 3.76. The molecule has 0 aliphatic carbocycles. The van der Waals surface area contributed by atoms with Gasteiger partial charge in [-0.15, -0.1) is 0 Å². The highest BCUT2D eigenvalue weighted by Gasteiger charge is 2.10. The summed E-state index contributed by atoms with van der Waals surface area (Å²) in [5.41, 5.74) is 0.927. The first-order valence-corrected chi connectivity index (χ1v) is 6.83. The van der Waals surface area contributed by atoms with Crippen molar-refractivity contribution in [3.05, 3.63) is 47.1 Å². The minimum Gasteiger partial charge on any atom is -0.229 e. The third-order valence-corrected chi connectivity index (χ3v) is 3.72. The lowest BCUT2D eigenvalue weighted by molar-refractivity contribution is 0.624. The van der Waals surface area contributed by atoms with E-state index in [4.69, 9.17) is 11.6 Å². The van der Waals surface area contributed by atoms with E-state index in [1.807, 2.05) is 6.07 Å². The number of nitrogens with zero attached hydrogens (tertiary/aromatic N) is 2. The summed E-state index contributed by atoms with van der Waals surface area (Å²) in [5.74, 6) is -0.253. The first-order valence-electron chi connectivity index (χ1n) is 5.63. The Balaban J connectivity index is 2.31. The van der Waals surface area contributed by atoms with Crippen LogP contribution in [0.2, 0.25) is 5.15 Å². The Hall–Kier alpha value is -1.13. The van der Waals surface area contributed by atoms with E-state index < -0.39 is 0 Å². The van der Waals surface area contributed by atoms with Crippen molar-refractivity contribution in [3.63, 3.8) is 0 Å². The molecule has 1 aromatic heterocycles. The summed E-state index contributed by atoms with van der Waals surface area (Å²) in [7, 11) is 0. The van der Waals surface area contributed by atoms with Crippen molar-refractivity contribution < 1.29 is 4.39 Å². The highest BCUT2D eigenvalue weighted by atomic mass is 35.5. The Morgan fingerprint density at radius 1 is 1.33 bits per heavy atom. The lowest BCUT2D eigenvalue weighted by Crippen LogP contribution is -1.95. The quantitative estimate of drug-likeness (QED) is 0.779. The number of halogens is 2. The van der Waals surface area contributed by atoms with Gasteiger partial charge < -0.3 is 0 Å². The average Bonchev–Trinajstić information content (AvgIpc) is 2.34. The van der Waals surface area contributed by atoms with Gasteiger partial charge in [0.25, 0.3) is 0 Å². The minimum absolute atomic E-state index is 0.253. The van der Waals surface area contributed by atoms with Crippen molar-refractivity contribution in [1.82, 2.24) is 9.97 Å². The number of hydrogen-bond acceptors (Lipinski definition) is 3. The highest BCUT2D eigenvalue weighted by Crippen LogP contribution is 2.31. The molecular formula is C13H12ClFN2S. The maximum absolute atomic E-state index is 13.1. The maximum atomic E-state index is 13.1. The van der Waals surface area contributed by atoms with E-state index in [9.17, 15) is 4.39 Å². The average molecular weight is 283 g/mol. The first-order chi connectivity index (χ1) is 8.70. The summed E-state index contributed by atoms with van der Waals surface area (Å²) in [6, 6.07) is 6.43. The number of aromatic nitrogens is 2. The smallest absolute Gasteiger partial charge is 0.136 e. The molecule has 0 amide bonds. The molecule has 2 nitrogen and oxygen atoms in total. The molecule has 0 saturated heterocycles. The van der Waals surface area contributed by atoms with Crippen LogP contribution in [-0.4, -0.2) is 9.97 Å². The van der Waals surface area contributed by atoms with Crippen LogP contribution in [0, 0.1) is 5.82 Å². The summed E-state index contributed by atoms with van der Waals surface area (Å²) in [6.45, 7) is 2.07. The molecule has 5 heteroatoms. The Kier molecular flexibility index (Phi) is 4.55. The zero-order chi connectivity index (χ0) is 13.0. The fourth-order valence-corrected chi connectivity index (χ4v) is 2.81. The molecule has 0 saturated carbocycles. The van der Waals surface area contributed by atoms with E-state index >= 15 is 0 Å². The number of benzene rings is 1. The van der Waals surface area contributed by atoms with Crippen LogP contribution >= 0.6 is 23.4 Å². The van der Waals surface area contributed by atoms with Crippen LogP contribution in [0.5, 0.6) is 0 Å². The van der Waals surface area contributed by atoms with Crippen LogP contribution in [0.25, 0.3) is 0 Å². The molecule has 0 atom stereocenters. The van der Waals surface area contributed by atoms with Gasteiger partial charge in [-0.2, -0.15) is 0 Å². The fraction of sp³-hybridized carbons (Fsp3) is 0.231. The van der Waals surface area contributed by atoms with Crippen molar-refractivity contribution in [1.29, 1.82) is 0 Å². The molecule has 0 aliphatic heterocycles. The Bertz CT molecular complexity index is 548. The molecule has 0 unspecified atom stereocenters. The van der Waals surface area contributed by atoms with Crippen LogP contribution in [0.4, 0.5) is 4.39 Å². The third kappa shape index (κ3) is 3.21. The molecule has 18 heavy (non-hydrogen) atoms. The van der Waals surface area contributed by atoms with Gasteiger partial charge in [-0.25, -0.2) is 14.4 Å². The van der Waals surface area contributed by atoms with Gasteiger partial charge in [0.15, 0.2) is 0 Å². The predicted octanol–water partition coefficient (Wildman–Crippen LogP) is 4.37. The highest BCUT2D eigenvalue weighted by molar-refractivity contribution is 7.99. The fourth-order valence-electron chi connectivity index (χ4n) is 1.57. The predicted molar refractivity (Wildman–Crippen MR) is 71.6 cm³/mol. The molecular weight excluding hydrogens is 271 g/mol. The van der Waals surface area contributed by atoms with Gasteiger partial charge >= 0.3 is 0 Å². The second kappa shape index (κ2) is 6.16. The molecule has 0 bridgehead atoms. The van der Waals surface area contributed by atoms with Crippen molar-refractivity contribution in [2.24, 2.45) is 0 Å². The first kappa shape index (κ1) is 13.3. The van der Waals surface area contributed by atoms with E-state index in [-0.39, 0.29) is 5.82 Å². The van der Waals surface area contributed by atoms with E-state index in [0.29, 0.717) is 5.15 Å². The normalized spacial score (nSPS) is 10.6. The molecule has 2 aromatic rings. The van der Waals surface area contributed by atoms with E-state index in [0.717, 1.165) is 28.3 Å². The SMILES string of the molecule is CCCc1c(Cl)ncnc1Sc1cccc(F)c1. The largest absolute Gasteiger partial charge is 0.229 e. The van der Waals surface area contributed by atoms with Crippen LogP contribution in [-0.2, 0) is 6.42 Å². The van der Waals surface area contributed by atoms with E-state index in [1.165, 1.54) is 30.2 Å². The Labute approximate surface area is 115 Å². The Morgan fingerprint density at radius 3 is 2.89 bits per heavy atom. The van der Waals surface area contributed by atoms with Gasteiger partial charge in [-0.3, -0.25) is 0 Å². The molecule has 2 rings (SSSR count). The zero-order valence-electron chi connectivity index (χ0n) is 9.86. The molecule has 0 aliphatic rings. The molecule has 94 valence electrons. The van der Waals surface area contributed by atoms with Gasteiger partial charge in [0, 0.05) is 10.5 Å². The molecule has 1 heterocycles. The lowest BCUT2D eigenvalue weighted by Gasteiger charge is -2.08. The van der Waals surface area contributed by atoms with E-state index in [1.54, 1.807) is 6.07 Å². The van der Waals surface area contributed by atoms with Gasteiger partial charge in [-0.1, -0.05) is 42.8 Å². The standard InChI is InChI=1S/C13H12ClFN2S/c1-2-4-11-12(14)16-8-17-13(11)18-10-6-3-5-9(15)7-10/h3,5-8H,2,4H2,1H3. The van der Waals surface area contributed by atoms with Gasteiger partial charge in [0.1, 0.15) is 22.3 Å². The van der Waals surface area contributed by atoms with Crippen LogP contribution in [0.3, 0.4) is 0 Å². The van der Waals surface area contributed by atoms with Crippen LogP contribution in [0.15, 0.2) is 40.5 Å². The number of rotatable bonds is 4. The zero-order valence-corrected chi connectivity index (χ0v) is 11.4. The summed E-state index contributed by atoms with van der Waals surface area (Å²) in [6.07, 6.45) is 3.21. The van der Waals surface area contributed by atoms with Crippen molar-refractivity contribution >= 4 is 23.4 Å². The molecule has 1 aromatic carbocycles. The molecule has 0 spiro atoms. The minimum atomic E-state index is -0.253. The van der Waals surface area contributed by atoms with Gasteiger partial charge in [-0.05, 0) is 24.6 Å². The van der Waals surface area contributed by atoms with Crippen LogP contribution < -0.4 is 0 Å². The number of hydrogen-bond donors (Lipinski definition) is 0. The monoisotopic (exact) mass is 282 g/mol. The van der Waals surface area contributed by atoms with Gasteiger partial charge in [0.05, 0.1) is 0 Å². The maximum Gasteiger partial charge on any atom is 0.136 e. The van der Waals surface area contributed by atoms with Crippen LogP contribution in [0.1, 0.15) is 18.9 Å². The molecule has 0 fully saturated rings. The molecule has 0 radical (unpaired) electrons. The summed E-state index contributed by atoms with van der Waals surface area (Å²) < 4.78 is 13.1. The molecule has 0 N–H and O–H groups in total. The van der Waals surface area contributed by atoms with Crippen molar-refractivity contribution in [2.75, 3.05) is 0 Å². The van der Waals surface area contributed by atoms with Gasteiger partial charge in [0.2, 0.25) is 0 Å². The lowest BCUT2D eigenvalue weighted by atomic mass is 10.2. The van der Waals surface area contributed by atoms with E-state index in [2.05, 4.69) is 16.9 Å². The second-order valence-corrected chi connectivity index (χ2v) is 5.18. The van der Waals surface area contributed by atoms with Crippen molar-refractivity contribution in [3.8, 4) is 0 Å². The third-order valence-electron chi connectivity index (χ3n) is 2.36. The Morgan fingerprint density at radius 2 is 2.17 bits per heavy atom. The van der Waals surface area contributed by atoms with Crippen molar-refractivity contribution in [2.45, 2.75) is 29.7 Å².